The fraction of sp³-hybridized carbons (Fsp3) is 0.859. The van der Waals surface area contributed by atoms with E-state index in [0.29, 0.717) is 103 Å². The maximum Gasteiger partial charge on any atom is 0.00680 e. The zero-order valence-electron chi connectivity index (χ0n) is 111. The molecule has 0 nitrogen and oxygen atoms in total. The minimum Gasteiger partial charge on any atom is -0.0682 e. The minimum atomic E-state index is 0.209. The lowest BCUT2D eigenvalue weighted by Crippen LogP contribution is -2.60. The SMILES string of the molecule is CC1=C(C)C(C(C)(C)C)(C(C)(C)C)C(C)(C)C1(C)C.CC1=C(C)C(C)(C)C(C(C)(C)C)(C(C)(C)C)C1(C)C.CC1=C(C)C(C)(C)C(C)(C)C1(C)C.CC1=C(C)C(C)(C)C2(CC2)C1(C)C.CC1=C(C)C(C)(C)CC1(C)C.CC1=C(C)C2(CC2)C(C)(C)C1(C)C.CC1=C(C)C2(CC2)CC1(C)C.CC1=C(C)C2(CC2)CC12CC2.CCC1(CC)C(C)=C(C)C(C)(C)C1(C)C.CCC1(CC)C(C)=C(C)C(CC)(CC)C1(C)C. The van der Waals surface area contributed by atoms with Crippen LogP contribution in [0.3, 0.4) is 0 Å². The zero-order valence-corrected chi connectivity index (χ0v) is 111. The molecule has 0 unspecified atom stereocenters. The number of allylic oxidation sites excluding steroid dienone is 20. The van der Waals surface area contributed by atoms with Crippen molar-refractivity contribution >= 4 is 0 Å². The summed E-state index contributed by atoms with van der Waals surface area (Å²) in [5.41, 5.74) is 45.3. The first-order valence-electron chi connectivity index (χ1n) is 59.5. The molecule has 0 radical (unpaired) electrons. The van der Waals surface area contributed by atoms with E-state index in [9.17, 15) is 0 Å². The lowest BCUT2D eigenvalue weighted by molar-refractivity contribution is -0.166. The Morgan fingerprint density at radius 2 is 0.380 bits per heavy atom. The number of rotatable bonds is 6. The van der Waals surface area contributed by atoms with Crippen LogP contribution >= 0.6 is 0 Å². The second kappa shape index (κ2) is 37.9. The highest BCUT2D eigenvalue weighted by atomic mass is 14.8. The fourth-order valence-corrected chi connectivity index (χ4v) is 41.1. The first-order valence-corrected chi connectivity index (χ1v) is 59.5. The van der Waals surface area contributed by atoms with E-state index in [0.717, 1.165) is 10.8 Å². The van der Waals surface area contributed by atoms with Crippen molar-refractivity contribution in [3.8, 4) is 0 Å². The zero-order chi connectivity index (χ0) is 112. The summed E-state index contributed by atoms with van der Waals surface area (Å²) >= 11 is 0. The first-order chi connectivity index (χ1) is 62.7. The van der Waals surface area contributed by atoms with Crippen molar-refractivity contribution in [1.82, 2.24) is 0 Å². The highest BCUT2D eigenvalue weighted by Crippen LogP contribution is 2.83. The van der Waals surface area contributed by atoms with Crippen LogP contribution in [0.5, 0.6) is 0 Å². The van der Waals surface area contributed by atoms with Gasteiger partial charge in [0.1, 0.15) is 0 Å². The topological polar surface area (TPSA) is 0 Å². The van der Waals surface area contributed by atoms with Crippen LogP contribution in [0.2, 0.25) is 0 Å². The van der Waals surface area contributed by atoms with Crippen molar-refractivity contribution in [3.63, 3.8) is 0 Å². The third-order valence-electron chi connectivity index (χ3n) is 55.3. The summed E-state index contributed by atoms with van der Waals surface area (Å²) in [5, 5.41) is 0. The molecule has 0 aromatic carbocycles. The van der Waals surface area contributed by atoms with Gasteiger partial charge in [-0.15, -0.1) is 0 Å². The second-order valence-electron chi connectivity index (χ2n) is 65.8. The molecule has 5 fully saturated rings. The van der Waals surface area contributed by atoms with Gasteiger partial charge in [0.05, 0.1) is 0 Å². The lowest BCUT2D eigenvalue weighted by Gasteiger charge is -2.66. The predicted molar refractivity (Wildman–Crippen MR) is 642 cm³/mol. The summed E-state index contributed by atoms with van der Waals surface area (Å²) < 4.78 is 0. The maximum absolute atomic E-state index is 2.52. The Morgan fingerprint density at radius 1 is 0.169 bits per heavy atom. The van der Waals surface area contributed by atoms with Gasteiger partial charge in [0.15, 0.2) is 0 Å². The van der Waals surface area contributed by atoms with E-state index in [-0.39, 0.29) is 54.1 Å². The molecule has 5 spiro atoms. The van der Waals surface area contributed by atoms with E-state index in [1.54, 1.807) is 111 Å². The van der Waals surface area contributed by atoms with E-state index < -0.39 is 0 Å². The number of hydrogen-bond donors (Lipinski definition) is 0. The van der Waals surface area contributed by atoms with Crippen LogP contribution in [0.4, 0.5) is 0 Å². The molecule has 0 saturated heterocycles. The summed E-state index contributed by atoms with van der Waals surface area (Å²) in [7, 11) is 0. The molecule has 0 N–H and O–H groups in total. The molecular weight excluding hydrogens is 1710 g/mol. The Hall–Kier alpha value is -2.60. The first kappa shape index (κ1) is 128. The minimum absolute atomic E-state index is 0.209. The molecule has 15 rings (SSSR count). The van der Waals surface area contributed by atoms with E-state index in [2.05, 4.69) is 499 Å². The third kappa shape index (κ3) is 17.7. The highest BCUT2D eigenvalue weighted by molar-refractivity contribution is 5.48. The van der Waals surface area contributed by atoms with Crippen molar-refractivity contribution in [3.05, 3.63) is 111 Å². The van der Waals surface area contributed by atoms with Crippen molar-refractivity contribution < 1.29 is 0 Å². The van der Waals surface area contributed by atoms with E-state index in [1.165, 1.54) is 122 Å². The van der Waals surface area contributed by atoms with Crippen molar-refractivity contribution in [2.45, 2.75) is 621 Å². The Labute approximate surface area is 893 Å². The summed E-state index contributed by atoms with van der Waals surface area (Å²) in [4.78, 5) is 0. The molecule has 0 aromatic rings. The van der Waals surface area contributed by atoms with Crippen LogP contribution in [0.25, 0.3) is 0 Å². The summed E-state index contributed by atoms with van der Waals surface area (Å²) in [5.74, 6) is 0. The summed E-state index contributed by atoms with van der Waals surface area (Å²) in [6.45, 7) is 173. The van der Waals surface area contributed by atoms with Crippen LogP contribution < -0.4 is 0 Å². The molecule has 5 saturated carbocycles. The lowest BCUT2D eigenvalue weighted by atomic mass is 9.38. The normalized spacial score (nSPS) is 28.9. The largest absolute Gasteiger partial charge is 0.0682 e. The van der Waals surface area contributed by atoms with E-state index >= 15 is 0 Å². The van der Waals surface area contributed by atoms with Crippen molar-refractivity contribution in [2.24, 2.45) is 168 Å². The summed E-state index contributed by atoms with van der Waals surface area (Å²) in [6.07, 6.45) is 26.5. The van der Waals surface area contributed by atoms with E-state index in [1.807, 2.05) is 0 Å². The standard InChI is InChI=1S/2C19H36.C17H32.C15H28.2C13H22.C13H24.C11H16.C11H18.C11H20/c1-13-14(2)19(15(3,4)5,16(6,7)8)18(11,12)17(13,9)10;1-13-14(2)18(11,12)19(15(3,4)5,16(6,7)8)17(13,9)10;1-9-16(10-2)13(5)14(6)17(11-3,12-4)15(16,7)8;1-9-15(10-2)12(4)11(3)13(5,6)14(15,7)8;1-9-10(2)13(7-8-13)12(5,6)11(9,3)4;1-9-10(2)12(5,6)13(7-8-13)11(9,3)4;1-9-10(2)12(5,6)13(7,8)11(9,3)4;1-8-9(2)11(5-6-11)7-10(8)3-4-10;1-8-9(2)11(5-6-11)7-10(8,3)4;1-8-9(2)11(5,6)7-10(8,3)4/h2*1-12H3;9-12H2,1-8H3;9-10H2,1-8H3;2*7-8H2,1-6H3;1-8H3;3-7H2,1-2H3;5-7H2,1-4H3;7H2,1-6H3. The molecular formula is C142H254. The van der Waals surface area contributed by atoms with Crippen LogP contribution in [0.1, 0.15) is 621 Å². The molecule has 822 valence electrons. The molecule has 0 heteroatoms. The second-order valence-corrected chi connectivity index (χ2v) is 65.8. The van der Waals surface area contributed by atoms with Gasteiger partial charge in [-0.2, -0.15) is 0 Å². The smallest absolute Gasteiger partial charge is 0.00680 e. The fourth-order valence-electron chi connectivity index (χ4n) is 41.1. The Morgan fingerprint density at radius 3 is 0.507 bits per heavy atom. The van der Waals surface area contributed by atoms with Gasteiger partial charge < -0.3 is 0 Å². The predicted octanol–water partition coefficient (Wildman–Crippen LogP) is 47.5. The van der Waals surface area contributed by atoms with Crippen LogP contribution in [0.15, 0.2) is 111 Å². The molecule has 0 aliphatic heterocycles. The Balaban J connectivity index is 0.000000243. The van der Waals surface area contributed by atoms with Crippen molar-refractivity contribution in [2.75, 3.05) is 0 Å². The molecule has 0 amide bonds. The monoisotopic (exact) mass is 1960 g/mol. The van der Waals surface area contributed by atoms with Gasteiger partial charge in [-0.3, -0.25) is 0 Å². The maximum atomic E-state index is 2.52. The quantitative estimate of drug-likeness (QED) is 0.233. The van der Waals surface area contributed by atoms with Crippen molar-refractivity contribution in [1.29, 1.82) is 0 Å². The van der Waals surface area contributed by atoms with Crippen LogP contribution in [-0.4, -0.2) is 0 Å². The number of hydrogen-bond acceptors (Lipinski definition) is 0. The van der Waals surface area contributed by atoms with Gasteiger partial charge >= 0.3 is 0 Å². The average Bonchev–Trinajstić information content (AvgIpc) is 1.50. The van der Waals surface area contributed by atoms with Crippen LogP contribution in [0, 0.1) is 168 Å². The van der Waals surface area contributed by atoms with E-state index in [4.69, 9.17) is 0 Å². The molecule has 0 atom stereocenters. The molecule has 0 aromatic heterocycles. The Kier molecular flexibility index (Phi) is 34.2. The molecule has 15 aliphatic rings. The van der Waals surface area contributed by atoms with Gasteiger partial charge in [0.25, 0.3) is 0 Å². The Bertz CT molecular complexity index is 4560. The molecule has 0 heterocycles. The average molecular weight is 1960 g/mol. The highest BCUT2D eigenvalue weighted by Gasteiger charge is 2.74. The third-order valence-corrected chi connectivity index (χ3v) is 55.3. The molecule has 142 heavy (non-hydrogen) atoms. The molecule has 0 bridgehead atoms. The van der Waals surface area contributed by atoms with Crippen LogP contribution in [-0.2, 0) is 0 Å². The van der Waals surface area contributed by atoms with Gasteiger partial charge in [-0.1, -0.05) is 471 Å². The van der Waals surface area contributed by atoms with Gasteiger partial charge in [0, 0.05) is 5.41 Å². The van der Waals surface area contributed by atoms with Gasteiger partial charge in [-0.05, 0) is 423 Å². The van der Waals surface area contributed by atoms with Gasteiger partial charge in [0.2, 0.25) is 0 Å². The molecule has 15 aliphatic carbocycles. The van der Waals surface area contributed by atoms with Gasteiger partial charge in [-0.25, -0.2) is 0 Å². The summed E-state index contributed by atoms with van der Waals surface area (Å²) in [6, 6.07) is 0.